The van der Waals surface area contributed by atoms with Gasteiger partial charge in [0.05, 0.1) is 12.5 Å². The summed E-state index contributed by atoms with van der Waals surface area (Å²) in [6.45, 7) is 0. The van der Waals surface area contributed by atoms with Gasteiger partial charge in [-0.05, 0) is 41.8 Å². The standard InChI is InChI=1S/C20H19N5O3S/c21-20(28)25-16(17-5-2-10-29-17)12-18(26)23-14-3-1-4-15(11-14)24-19(27)13-6-8-22-9-7-13/h1-11,16H,12H2,(H,23,26)(H,24,27)(H3,21,25,28). The number of thiophene rings is 1. The van der Waals surface area contributed by atoms with Gasteiger partial charge in [-0.15, -0.1) is 11.3 Å². The molecular weight excluding hydrogens is 390 g/mol. The summed E-state index contributed by atoms with van der Waals surface area (Å²) in [6, 6.07) is 12.5. The van der Waals surface area contributed by atoms with Crippen LogP contribution in [0.1, 0.15) is 27.7 Å². The molecular formula is C20H19N5O3S. The van der Waals surface area contributed by atoms with Crippen LogP contribution < -0.4 is 21.7 Å². The Labute approximate surface area is 171 Å². The van der Waals surface area contributed by atoms with Crippen LogP contribution in [0, 0.1) is 0 Å². The highest BCUT2D eigenvalue weighted by Crippen LogP contribution is 2.23. The highest BCUT2D eigenvalue weighted by atomic mass is 32.1. The minimum absolute atomic E-state index is 0.0249. The van der Waals surface area contributed by atoms with E-state index in [1.54, 1.807) is 36.4 Å². The van der Waals surface area contributed by atoms with Crippen LogP contribution in [0.4, 0.5) is 16.2 Å². The molecule has 0 radical (unpaired) electrons. The molecule has 0 aliphatic rings. The van der Waals surface area contributed by atoms with Gasteiger partial charge < -0.3 is 21.7 Å². The molecule has 0 spiro atoms. The molecule has 1 aromatic carbocycles. The van der Waals surface area contributed by atoms with Crippen molar-refractivity contribution in [3.05, 3.63) is 76.7 Å². The Bertz CT molecular complexity index is 992. The van der Waals surface area contributed by atoms with Crippen LogP contribution in [0.5, 0.6) is 0 Å². The van der Waals surface area contributed by atoms with Crippen molar-refractivity contribution in [2.75, 3.05) is 10.6 Å². The molecule has 3 rings (SSSR count). The SMILES string of the molecule is NC(=O)NC(CC(=O)Nc1cccc(NC(=O)c2ccncc2)c1)c1cccs1. The second kappa shape index (κ2) is 9.47. The van der Waals surface area contributed by atoms with E-state index < -0.39 is 12.1 Å². The monoisotopic (exact) mass is 409 g/mol. The van der Waals surface area contributed by atoms with Crippen molar-refractivity contribution >= 4 is 40.6 Å². The first-order chi connectivity index (χ1) is 14.0. The Kier molecular flexibility index (Phi) is 6.54. The van der Waals surface area contributed by atoms with E-state index in [4.69, 9.17) is 5.73 Å². The highest BCUT2D eigenvalue weighted by molar-refractivity contribution is 7.10. The van der Waals surface area contributed by atoms with Crippen molar-refractivity contribution in [2.24, 2.45) is 5.73 Å². The third kappa shape index (κ3) is 5.88. The molecule has 5 N–H and O–H groups in total. The first-order valence-corrected chi connectivity index (χ1v) is 9.60. The van der Waals surface area contributed by atoms with Crippen LogP contribution in [0.2, 0.25) is 0 Å². The number of hydrogen-bond donors (Lipinski definition) is 4. The molecule has 4 amide bonds. The molecule has 1 atom stereocenters. The van der Waals surface area contributed by atoms with E-state index in [0.29, 0.717) is 16.9 Å². The van der Waals surface area contributed by atoms with Gasteiger partial charge in [0.1, 0.15) is 0 Å². The zero-order valence-corrected chi connectivity index (χ0v) is 16.1. The largest absolute Gasteiger partial charge is 0.352 e. The molecule has 2 heterocycles. The van der Waals surface area contributed by atoms with Crippen molar-refractivity contribution in [3.63, 3.8) is 0 Å². The van der Waals surface area contributed by atoms with E-state index in [0.717, 1.165) is 4.88 Å². The van der Waals surface area contributed by atoms with Gasteiger partial charge >= 0.3 is 6.03 Å². The topological polar surface area (TPSA) is 126 Å². The number of anilines is 2. The molecule has 2 aromatic heterocycles. The average Bonchev–Trinajstić information content (AvgIpc) is 3.23. The number of nitrogens with two attached hydrogens (primary N) is 1. The van der Waals surface area contributed by atoms with Crippen molar-refractivity contribution in [3.8, 4) is 0 Å². The number of carbonyl (C=O) groups excluding carboxylic acids is 3. The molecule has 3 aromatic rings. The second-order valence-corrected chi connectivity index (χ2v) is 7.08. The zero-order valence-electron chi connectivity index (χ0n) is 15.3. The molecule has 0 bridgehead atoms. The molecule has 0 aliphatic heterocycles. The summed E-state index contributed by atoms with van der Waals surface area (Å²) in [5, 5.41) is 9.98. The van der Waals surface area contributed by atoms with E-state index in [1.165, 1.54) is 23.7 Å². The van der Waals surface area contributed by atoms with Crippen LogP contribution in [-0.2, 0) is 4.79 Å². The molecule has 0 saturated heterocycles. The Morgan fingerprint density at radius 3 is 2.38 bits per heavy atom. The predicted octanol–water partition coefficient (Wildman–Crippen LogP) is 3.13. The Balaban J connectivity index is 1.63. The summed E-state index contributed by atoms with van der Waals surface area (Å²) >= 11 is 1.43. The summed E-state index contributed by atoms with van der Waals surface area (Å²) in [4.78, 5) is 40.7. The van der Waals surface area contributed by atoms with E-state index >= 15 is 0 Å². The number of nitrogens with zero attached hydrogens (tertiary/aromatic N) is 1. The van der Waals surface area contributed by atoms with Crippen molar-refractivity contribution < 1.29 is 14.4 Å². The Morgan fingerprint density at radius 1 is 1.00 bits per heavy atom. The van der Waals surface area contributed by atoms with Gasteiger partial charge in [-0.25, -0.2) is 4.79 Å². The maximum absolute atomic E-state index is 12.5. The summed E-state index contributed by atoms with van der Waals surface area (Å²) in [6.07, 6.45) is 3.10. The van der Waals surface area contributed by atoms with Crippen molar-refractivity contribution in [1.82, 2.24) is 10.3 Å². The van der Waals surface area contributed by atoms with Gasteiger partial charge in [-0.3, -0.25) is 14.6 Å². The van der Waals surface area contributed by atoms with Gasteiger partial charge in [0.25, 0.3) is 5.91 Å². The smallest absolute Gasteiger partial charge is 0.312 e. The molecule has 148 valence electrons. The molecule has 0 saturated carbocycles. The van der Waals surface area contributed by atoms with Gasteiger partial charge in [-0.2, -0.15) is 0 Å². The van der Waals surface area contributed by atoms with E-state index in [1.807, 2.05) is 17.5 Å². The lowest BCUT2D eigenvalue weighted by atomic mass is 10.1. The van der Waals surface area contributed by atoms with E-state index in [9.17, 15) is 14.4 Å². The molecule has 9 heteroatoms. The minimum atomic E-state index is -0.697. The number of aromatic nitrogens is 1. The Hall–Kier alpha value is -3.72. The number of benzene rings is 1. The van der Waals surface area contributed by atoms with E-state index in [-0.39, 0.29) is 18.2 Å². The molecule has 1 unspecified atom stereocenters. The third-order valence-electron chi connectivity index (χ3n) is 3.94. The van der Waals surface area contributed by atoms with Crippen LogP contribution in [-0.4, -0.2) is 22.8 Å². The number of carbonyl (C=O) groups is 3. The minimum Gasteiger partial charge on any atom is -0.352 e. The number of urea groups is 1. The van der Waals surface area contributed by atoms with Crippen LogP contribution in [0.25, 0.3) is 0 Å². The number of pyridine rings is 1. The summed E-state index contributed by atoms with van der Waals surface area (Å²) in [7, 11) is 0. The maximum Gasteiger partial charge on any atom is 0.312 e. The quantitative estimate of drug-likeness (QED) is 0.478. The zero-order chi connectivity index (χ0) is 20.6. The maximum atomic E-state index is 12.5. The Morgan fingerprint density at radius 2 is 1.72 bits per heavy atom. The number of nitrogens with one attached hydrogen (secondary N) is 3. The lowest BCUT2D eigenvalue weighted by Gasteiger charge is -2.16. The number of primary amides is 1. The number of hydrogen-bond acceptors (Lipinski definition) is 5. The lowest BCUT2D eigenvalue weighted by molar-refractivity contribution is -0.116. The summed E-state index contributed by atoms with van der Waals surface area (Å²) in [5.41, 5.74) is 6.75. The average molecular weight is 409 g/mol. The van der Waals surface area contributed by atoms with Gasteiger partial charge in [0, 0.05) is 34.2 Å². The van der Waals surface area contributed by atoms with Crippen molar-refractivity contribution in [1.29, 1.82) is 0 Å². The molecule has 0 fully saturated rings. The summed E-state index contributed by atoms with van der Waals surface area (Å²) in [5.74, 6) is -0.575. The molecule has 8 nitrogen and oxygen atoms in total. The first kappa shape index (κ1) is 20.0. The number of amides is 4. The second-order valence-electron chi connectivity index (χ2n) is 6.10. The summed E-state index contributed by atoms with van der Waals surface area (Å²) < 4.78 is 0. The fourth-order valence-corrected chi connectivity index (χ4v) is 3.44. The highest BCUT2D eigenvalue weighted by Gasteiger charge is 2.18. The van der Waals surface area contributed by atoms with Gasteiger partial charge in [-0.1, -0.05) is 12.1 Å². The van der Waals surface area contributed by atoms with Crippen molar-refractivity contribution in [2.45, 2.75) is 12.5 Å². The number of rotatable bonds is 7. The third-order valence-corrected chi connectivity index (χ3v) is 4.93. The van der Waals surface area contributed by atoms with Crippen LogP contribution in [0.15, 0.2) is 66.3 Å². The van der Waals surface area contributed by atoms with Gasteiger partial charge in [0.2, 0.25) is 5.91 Å². The lowest BCUT2D eigenvalue weighted by Crippen LogP contribution is -2.34. The van der Waals surface area contributed by atoms with Crippen LogP contribution in [0.3, 0.4) is 0 Å². The van der Waals surface area contributed by atoms with E-state index in [2.05, 4.69) is 20.9 Å². The van der Waals surface area contributed by atoms with Gasteiger partial charge in [0.15, 0.2) is 0 Å². The fourth-order valence-electron chi connectivity index (χ4n) is 2.66. The first-order valence-electron chi connectivity index (χ1n) is 8.72. The predicted molar refractivity (Wildman–Crippen MR) is 112 cm³/mol. The fraction of sp³-hybridized carbons (Fsp3) is 0.100. The molecule has 0 aliphatic carbocycles. The normalized spacial score (nSPS) is 11.3. The molecule has 29 heavy (non-hydrogen) atoms. The van der Waals surface area contributed by atoms with Crippen LogP contribution >= 0.6 is 11.3 Å².